The van der Waals surface area contributed by atoms with Crippen LogP contribution in [0.4, 0.5) is 4.79 Å². The minimum atomic E-state index is -0.553. The van der Waals surface area contributed by atoms with Gasteiger partial charge in [-0.15, -0.1) is 0 Å². The first kappa shape index (κ1) is 29.2. The molecule has 0 spiro atoms. The number of ether oxygens (including phenoxy) is 2. The molecule has 5 heteroatoms. The normalized spacial score (nSPS) is 17.5. The Morgan fingerprint density at radius 1 is 0.975 bits per heavy atom. The molecule has 1 N–H and O–H groups in total. The zero-order valence-electron chi connectivity index (χ0n) is 24.7. The molecule has 3 aromatic carbocycles. The SMILES string of the molecule is COc1ccc(C(C)(C)C#Cc2ccccc2)cc1CN[C@H]1CCCN(C(=O)OC(C)(C)C)[C@H]1c1ccccc1. The number of nitrogens with zero attached hydrogens (tertiary/aromatic N) is 1. The highest BCUT2D eigenvalue weighted by atomic mass is 16.6. The highest BCUT2D eigenvalue weighted by molar-refractivity contribution is 5.69. The van der Waals surface area contributed by atoms with Crippen molar-refractivity contribution in [2.75, 3.05) is 13.7 Å². The minimum absolute atomic E-state index is 0.0583. The van der Waals surface area contributed by atoms with E-state index in [1.807, 2.05) is 80.3 Å². The largest absolute Gasteiger partial charge is 0.496 e. The van der Waals surface area contributed by atoms with E-state index in [0.29, 0.717) is 13.1 Å². The summed E-state index contributed by atoms with van der Waals surface area (Å²) < 4.78 is 11.6. The van der Waals surface area contributed by atoms with Crippen LogP contribution in [0.15, 0.2) is 78.9 Å². The maximum Gasteiger partial charge on any atom is 0.410 e. The Morgan fingerprint density at radius 3 is 2.30 bits per heavy atom. The van der Waals surface area contributed by atoms with Gasteiger partial charge in [0.15, 0.2) is 0 Å². The van der Waals surface area contributed by atoms with Crippen molar-refractivity contribution in [3.63, 3.8) is 0 Å². The molecule has 0 bridgehead atoms. The molecule has 1 aliphatic rings. The topological polar surface area (TPSA) is 50.8 Å². The van der Waals surface area contributed by atoms with Crippen LogP contribution in [0.2, 0.25) is 0 Å². The molecule has 0 radical (unpaired) electrons. The van der Waals surface area contributed by atoms with Crippen LogP contribution in [0.5, 0.6) is 5.75 Å². The molecule has 1 aliphatic heterocycles. The van der Waals surface area contributed by atoms with Crippen molar-refractivity contribution in [3.8, 4) is 17.6 Å². The van der Waals surface area contributed by atoms with E-state index in [4.69, 9.17) is 9.47 Å². The standard InChI is InChI=1S/C35H42N2O3/c1-34(2,3)40-33(38)37-23-13-18-30(32(37)27-16-11-8-12-17-27)36-25-28-24-29(19-20-31(28)39-6)35(4,5)22-21-26-14-9-7-10-15-26/h7-12,14-17,19-20,24,30,32,36H,13,18,23,25H2,1-6H3/t30-,32-/m0/s1. The van der Waals surface area contributed by atoms with Crippen molar-refractivity contribution in [2.45, 2.75) is 77.1 Å². The fourth-order valence-electron chi connectivity index (χ4n) is 5.17. The molecular formula is C35H42N2O3. The summed E-state index contributed by atoms with van der Waals surface area (Å²) in [5, 5.41) is 3.78. The number of piperidine rings is 1. The molecule has 210 valence electrons. The summed E-state index contributed by atoms with van der Waals surface area (Å²) in [5.41, 5.74) is 3.40. The lowest BCUT2D eigenvalue weighted by Crippen LogP contribution is -2.51. The van der Waals surface area contributed by atoms with Gasteiger partial charge in [-0.25, -0.2) is 4.79 Å². The number of nitrogens with one attached hydrogen (secondary N) is 1. The number of hydrogen-bond donors (Lipinski definition) is 1. The number of methoxy groups -OCH3 is 1. The van der Waals surface area contributed by atoms with Crippen LogP contribution in [-0.4, -0.2) is 36.3 Å². The van der Waals surface area contributed by atoms with Crippen molar-refractivity contribution < 1.29 is 14.3 Å². The van der Waals surface area contributed by atoms with Gasteiger partial charge < -0.3 is 14.8 Å². The predicted octanol–water partition coefficient (Wildman–Crippen LogP) is 7.25. The Labute approximate surface area is 239 Å². The molecule has 0 aromatic heterocycles. The molecule has 1 heterocycles. The van der Waals surface area contributed by atoms with Crippen molar-refractivity contribution in [1.82, 2.24) is 10.2 Å². The summed E-state index contributed by atoms with van der Waals surface area (Å²) in [6.45, 7) is 11.3. The van der Waals surface area contributed by atoms with Crippen molar-refractivity contribution in [3.05, 3.63) is 101 Å². The van der Waals surface area contributed by atoms with E-state index >= 15 is 0 Å². The third-order valence-electron chi connectivity index (χ3n) is 7.25. The molecule has 3 aromatic rings. The summed E-state index contributed by atoms with van der Waals surface area (Å²) in [7, 11) is 1.70. The van der Waals surface area contributed by atoms with E-state index in [1.54, 1.807) is 7.11 Å². The van der Waals surface area contributed by atoms with Gasteiger partial charge >= 0.3 is 6.09 Å². The highest BCUT2D eigenvalue weighted by Crippen LogP contribution is 2.34. The lowest BCUT2D eigenvalue weighted by Gasteiger charge is -2.42. The lowest BCUT2D eigenvalue weighted by atomic mass is 9.84. The fraction of sp³-hybridized carbons (Fsp3) is 0.400. The van der Waals surface area contributed by atoms with Gasteiger partial charge in [0.1, 0.15) is 11.4 Å². The first-order chi connectivity index (χ1) is 19.1. The van der Waals surface area contributed by atoms with Gasteiger partial charge in [0, 0.05) is 30.3 Å². The van der Waals surface area contributed by atoms with Gasteiger partial charge in [-0.2, -0.15) is 0 Å². The number of hydrogen-bond acceptors (Lipinski definition) is 4. The maximum absolute atomic E-state index is 13.3. The fourth-order valence-corrected chi connectivity index (χ4v) is 5.17. The van der Waals surface area contributed by atoms with Gasteiger partial charge in [-0.3, -0.25) is 4.90 Å². The van der Waals surface area contributed by atoms with Crippen LogP contribution in [0.1, 0.15) is 75.8 Å². The van der Waals surface area contributed by atoms with Crippen LogP contribution in [0.25, 0.3) is 0 Å². The van der Waals surface area contributed by atoms with E-state index in [-0.39, 0.29) is 23.6 Å². The zero-order chi connectivity index (χ0) is 28.8. The Morgan fingerprint density at radius 2 is 1.65 bits per heavy atom. The van der Waals surface area contributed by atoms with Crippen LogP contribution in [-0.2, 0) is 16.7 Å². The third kappa shape index (κ3) is 7.46. The van der Waals surface area contributed by atoms with Gasteiger partial charge in [0.25, 0.3) is 0 Å². The van der Waals surface area contributed by atoms with Crippen molar-refractivity contribution in [2.24, 2.45) is 0 Å². The van der Waals surface area contributed by atoms with Crippen LogP contribution in [0.3, 0.4) is 0 Å². The van der Waals surface area contributed by atoms with Gasteiger partial charge in [0.2, 0.25) is 0 Å². The summed E-state index contributed by atoms with van der Waals surface area (Å²) >= 11 is 0. The molecule has 1 saturated heterocycles. The summed E-state index contributed by atoms with van der Waals surface area (Å²) in [5.74, 6) is 7.61. The first-order valence-electron chi connectivity index (χ1n) is 14.1. The average Bonchev–Trinajstić information content (AvgIpc) is 2.94. The Kier molecular flexibility index (Phi) is 9.22. The third-order valence-corrected chi connectivity index (χ3v) is 7.25. The van der Waals surface area contributed by atoms with E-state index < -0.39 is 5.60 Å². The Balaban J connectivity index is 1.58. The molecule has 4 rings (SSSR count). The molecular weight excluding hydrogens is 496 g/mol. The number of likely N-dealkylation sites (tertiary alicyclic amines) is 1. The number of carbonyl (C=O) groups excluding carboxylic acids is 1. The minimum Gasteiger partial charge on any atom is -0.496 e. The summed E-state index contributed by atoms with van der Waals surface area (Å²) in [4.78, 5) is 15.2. The molecule has 5 nitrogen and oxygen atoms in total. The zero-order valence-corrected chi connectivity index (χ0v) is 24.7. The Bertz CT molecular complexity index is 1330. The molecule has 0 saturated carbocycles. The summed E-state index contributed by atoms with van der Waals surface area (Å²) in [6, 6.07) is 26.6. The van der Waals surface area contributed by atoms with Crippen LogP contribution >= 0.6 is 0 Å². The number of rotatable bonds is 6. The smallest absolute Gasteiger partial charge is 0.410 e. The molecule has 1 fully saturated rings. The van der Waals surface area contributed by atoms with Crippen LogP contribution < -0.4 is 10.1 Å². The lowest BCUT2D eigenvalue weighted by molar-refractivity contribution is 0.00380. The summed E-state index contributed by atoms with van der Waals surface area (Å²) in [6.07, 6.45) is 1.58. The van der Waals surface area contributed by atoms with Gasteiger partial charge in [-0.1, -0.05) is 66.4 Å². The maximum atomic E-state index is 13.3. The van der Waals surface area contributed by atoms with E-state index in [0.717, 1.165) is 40.8 Å². The van der Waals surface area contributed by atoms with Gasteiger partial charge in [0.05, 0.1) is 18.6 Å². The quantitative estimate of drug-likeness (QED) is 0.336. The number of amides is 1. The first-order valence-corrected chi connectivity index (χ1v) is 14.1. The molecule has 0 unspecified atom stereocenters. The van der Waals surface area contributed by atoms with Crippen molar-refractivity contribution in [1.29, 1.82) is 0 Å². The monoisotopic (exact) mass is 538 g/mol. The molecule has 0 aliphatic carbocycles. The number of benzene rings is 3. The van der Waals surface area contributed by atoms with Crippen molar-refractivity contribution >= 4 is 6.09 Å². The highest BCUT2D eigenvalue weighted by Gasteiger charge is 2.37. The second kappa shape index (κ2) is 12.6. The molecule has 1 amide bonds. The molecule has 40 heavy (non-hydrogen) atoms. The second-order valence-corrected chi connectivity index (χ2v) is 11.9. The average molecular weight is 539 g/mol. The van der Waals surface area contributed by atoms with E-state index in [2.05, 4.69) is 55.3 Å². The van der Waals surface area contributed by atoms with E-state index in [9.17, 15) is 4.79 Å². The number of carbonyl (C=O) groups is 1. The van der Waals surface area contributed by atoms with Gasteiger partial charge in [-0.05, 0) is 82.9 Å². The predicted molar refractivity (Wildman–Crippen MR) is 161 cm³/mol. The second-order valence-electron chi connectivity index (χ2n) is 11.9. The van der Waals surface area contributed by atoms with E-state index in [1.165, 1.54) is 0 Å². The van der Waals surface area contributed by atoms with Crippen LogP contribution in [0, 0.1) is 11.8 Å². The molecule has 2 atom stereocenters. The Hall–Kier alpha value is -3.75.